The van der Waals surface area contributed by atoms with Crippen LogP contribution >= 0.6 is 0 Å². The van der Waals surface area contributed by atoms with Crippen molar-refractivity contribution >= 4 is 23.2 Å². The summed E-state index contributed by atoms with van der Waals surface area (Å²) in [6, 6.07) is 7.04. The molecule has 1 saturated heterocycles. The van der Waals surface area contributed by atoms with Crippen LogP contribution in [0.25, 0.3) is 0 Å². The number of hydrogen-bond donors (Lipinski definition) is 1. The molecule has 1 fully saturated rings. The number of anilines is 2. The Morgan fingerprint density at radius 3 is 2.59 bits per heavy atom. The van der Waals surface area contributed by atoms with Crippen molar-refractivity contribution in [3.8, 4) is 5.75 Å². The van der Waals surface area contributed by atoms with Gasteiger partial charge in [0, 0.05) is 25.8 Å². The van der Waals surface area contributed by atoms with Gasteiger partial charge in [0.05, 0.1) is 37.3 Å². The lowest BCUT2D eigenvalue weighted by atomic mass is 10.1. The van der Waals surface area contributed by atoms with Crippen molar-refractivity contribution in [2.45, 2.75) is 19.9 Å². The molecule has 1 atom stereocenters. The number of aromatic nitrogens is 2. The third kappa shape index (κ3) is 3.95. The minimum atomic E-state index is -0.374. The van der Waals surface area contributed by atoms with Crippen molar-refractivity contribution < 1.29 is 14.3 Å². The minimum Gasteiger partial charge on any atom is -0.497 e. The van der Waals surface area contributed by atoms with Gasteiger partial charge in [-0.2, -0.15) is 5.10 Å². The molecule has 0 radical (unpaired) electrons. The Bertz CT molecular complexity index is 830. The van der Waals surface area contributed by atoms with Crippen molar-refractivity contribution in [1.29, 1.82) is 0 Å². The molecule has 2 heterocycles. The number of amides is 2. The fraction of sp³-hybridized carbons (Fsp3) is 0.421. The van der Waals surface area contributed by atoms with Crippen molar-refractivity contribution in [1.82, 2.24) is 14.7 Å². The van der Waals surface area contributed by atoms with Gasteiger partial charge in [0.2, 0.25) is 11.8 Å². The molecule has 27 heavy (non-hydrogen) atoms. The number of nitrogens with zero attached hydrogens (tertiary/aromatic N) is 4. The summed E-state index contributed by atoms with van der Waals surface area (Å²) >= 11 is 0. The maximum atomic E-state index is 12.8. The van der Waals surface area contributed by atoms with Gasteiger partial charge in [0.1, 0.15) is 5.75 Å². The van der Waals surface area contributed by atoms with Gasteiger partial charge >= 0.3 is 0 Å². The van der Waals surface area contributed by atoms with E-state index in [-0.39, 0.29) is 24.4 Å². The summed E-state index contributed by atoms with van der Waals surface area (Å²) in [5.41, 5.74) is 2.41. The van der Waals surface area contributed by atoms with E-state index >= 15 is 0 Å². The lowest BCUT2D eigenvalue weighted by Crippen LogP contribution is -2.57. The van der Waals surface area contributed by atoms with E-state index in [9.17, 15) is 9.59 Å². The number of ether oxygens (including phenoxy) is 1. The summed E-state index contributed by atoms with van der Waals surface area (Å²) in [5.74, 6) is 0.584. The molecule has 1 aliphatic rings. The molecule has 0 saturated carbocycles. The van der Waals surface area contributed by atoms with E-state index in [4.69, 9.17) is 4.74 Å². The zero-order valence-electron chi connectivity index (χ0n) is 16.1. The topological polar surface area (TPSA) is 79.7 Å². The second-order valence-corrected chi connectivity index (χ2v) is 6.65. The Balaban J connectivity index is 1.62. The van der Waals surface area contributed by atoms with E-state index in [1.807, 2.05) is 50.1 Å². The van der Waals surface area contributed by atoms with Gasteiger partial charge in [-0.05, 0) is 38.1 Å². The number of aryl methyl sites for hydroxylation is 1. The molecule has 0 aliphatic carbocycles. The van der Waals surface area contributed by atoms with Crippen molar-refractivity contribution in [2.24, 2.45) is 7.05 Å². The molecule has 1 aliphatic heterocycles. The largest absolute Gasteiger partial charge is 0.497 e. The SMILES string of the molecule is COc1ccc(N2CCN(CC(=O)Nc3cnn(C)c3C)C(C)C2=O)cc1. The molecule has 0 bridgehead atoms. The Hall–Kier alpha value is -2.87. The number of benzene rings is 1. The summed E-state index contributed by atoms with van der Waals surface area (Å²) in [6.07, 6.45) is 1.63. The normalized spacial score (nSPS) is 17.9. The highest BCUT2D eigenvalue weighted by atomic mass is 16.5. The lowest BCUT2D eigenvalue weighted by Gasteiger charge is -2.38. The predicted octanol–water partition coefficient (Wildman–Crippen LogP) is 1.41. The number of hydrogen-bond acceptors (Lipinski definition) is 5. The molecular formula is C19H25N5O3. The van der Waals surface area contributed by atoms with Gasteiger partial charge in [-0.15, -0.1) is 0 Å². The second-order valence-electron chi connectivity index (χ2n) is 6.65. The molecule has 8 heteroatoms. The van der Waals surface area contributed by atoms with Gasteiger partial charge in [0.25, 0.3) is 0 Å². The highest BCUT2D eigenvalue weighted by Crippen LogP contribution is 2.23. The van der Waals surface area contributed by atoms with Crippen LogP contribution in [0.4, 0.5) is 11.4 Å². The highest BCUT2D eigenvalue weighted by molar-refractivity contribution is 5.99. The van der Waals surface area contributed by atoms with Crippen LogP contribution in [-0.4, -0.2) is 59.3 Å². The summed E-state index contributed by atoms with van der Waals surface area (Å²) < 4.78 is 6.87. The van der Waals surface area contributed by atoms with Gasteiger partial charge in [-0.25, -0.2) is 0 Å². The second kappa shape index (κ2) is 7.79. The van der Waals surface area contributed by atoms with Gasteiger partial charge in [-0.1, -0.05) is 0 Å². The van der Waals surface area contributed by atoms with Crippen LogP contribution < -0.4 is 15.0 Å². The summed E-state index contributed by atoms with van der Waals surface area (Å²) in [5, 5.41) is 6.98. The van der Waals surface area contributed by atoms with Gasteiger partial charge in [0.15, 0.2) is 0 Å². The number of carbonyl (C=O) groups is 2. The zero-order chi connectivity index (χ0) is 19.6. The highest BCUT2D eigenvalue weighted by Gasteiger charge is 2.33. The molecule has 1 aromatic heterocycles. The summed E-state index contributed by atoms with van der Waals surface area (Å²) in [6.45, 7) is 5.05. The fourth-order valence-electron chi connectivity index (χ4n) is 3.14. The number of carbonyl (C=O) groups excluding carboxylic acids is 2. The van der Waals surface area contributed by atoms with Gasteiger partial charge in [-0.3, -0.25) is 19.2 Å². The average molecular weight is 371 g/mol. The smallest absolute Gasteiger partial charge is 0.244 e. The molecule has 1 unspecified atom stereocenters. The van der Waals surface area contributed by atoms with Gasteiger partial charge < -0.3 is 15.0 Å². The average Bonchev–Trinajstić information content (AvgIpc) is 2.98. The Morgan fingerprint density at radius 2 is 2.00 bits per heavy atom. The minimum absolute atomic E-state index is 0.0169. The molecule has 2 amide bonds. The molecule has 144 valence electrons. The first-order chi connectivity index (χ1) is 12.9. The first-order valence-electron chi connectivity index (χ1n) is 8.88. The molecule has 8 nitrogen and oxygen atoms in total. The third-order valence-electron chi connectivity index (χ3n) is 5.02. The van der Waals surface area contributed by atoms with E-state index in [0.29, 0.717) is 18.8 Å². The number of rotatable bonds is 5. The Morgan fingerprint density at radius 1 is 1.30 bits per heavy atom. The third-order valence-corrected chi connectivity index (χ3v) is 5.02. The number of nitrogens with one attached hydrogen (secondary N) is 1. The standard InChI is InChI=1S/C19H25N5O3/c1-13-17(11-20-22(13)3)21-18(25)12-23-9-10-24(19(26)14(23)2)15-5-7-16(27-4)8-6-15/h5-8,11,14H,9-10,12H2,1-4H3,(H,21,25). The van der Waals surface area contributed by atoms with E-state index in [1.165, 1.54) is 0 Å². The van der Waals surface area contributed by atoms with E-state index in [0.717, 1.165) is 17.1 Å². The van der Waals surface area contributed by atoms with E-state index in [2.05, 4.69) is 10.4 Å². The quantitative estimate of drug-likeness (QED) is 0.860. The summed E-state index contributed by atoms with van der Waals surface area (Å²) in [4.78, 5) is 28.8. The van der Waals surface area contributed by atoms with Crippen LogP contribution in [0.15, 0.2) is 30.5 Å². The monoisotopic (exact) mass is 371 g/mol. The molecule has 0 spiro atoms. The Labute approximate surface area is 158 Å². The number of piperazine rings is 1. The van der Waals surface area contributed by atoms with Crippen molar-refractivity contribution in [3.63, 3.8) is 0 Å². The van der Waals surface area contributed by atoms with Crippen LogP contribution in [-0.2, 0) is 16.6 Å². The summed E-state index contributed by atoms with van der Waals surface area (Å²) in [7, 11) is 3.43. The molecular weight excluding hydrogens is 346 g/mol. The van der Waals surface area contributed by atoms with E-state index in [1.54, 1.807) is 22.9 Å². The van der Waals surface area contributed by atoms with Crippen molar-refractivity contribution in [2.75, 3.05) is 37.0 Å². The predicted molar refractivity (Wildman–Crippen MR) is 103 cm³/mol. The van der Waals surface area contributed by atoms with Crippen molar-refractivity contribution in [3.05, 3.63) is 36.2 Å². The molecule has 3 rings (SSSR count). The maximum Gasteiger partial charge on any atom is 0.244 e. The maximum absolute atomic E-state index is 12.8. The van der Waals surface area contributed by atoms with Crippen LogP contribution in [0.1, 0.15) is 12.6 Å². The van der Waals surface area contributed by atoms with Crippen LogP contribution in [0.3, 0.4) is 0 Å². The van der Waals surface area contributed by atoms with Crippen LogP contribution in [0, 0.1) is 6.92 Å². The molecule has 1 aromatic carbocycles. The molecule has 1 N–H and O–H groups in total. The van der Waals surface area contributed by atoms with Crippen LogP contribution in [0.2, 0.25) is 0 Å². The lowest BCUT2D eigenvalue weighted by molar-refractivity contribution is -0.127. The fourth-order valence-corrected chi connectivity index (χ4v) is 3.14. The first-order valence-corrected chi connectivity index (χ1v) is 8.88. The number of methoxy groups -OCH3 is 1. The zero-order valence-corrected chi connectivity index (χ0v) is 16.1. The first kappa shape index (κ1) is 18.9. The van der Waals surface area contributed by atoms with E-state index < -0.39 is 0 Å². The Kier molecular flexibility index (Phi) is 5.46. The molecule has 2 aromatic rings. The van der Waals surface area contributed by atoms with Crippen LogP contribution in [0.5, 0.6) is 5.75 Å².